The number of aryl methyl sites for hydroxylation is 1. The molecule has 2 N–H and O–H groups in total. The van der Waals surface area contributed by atoms with Crippen LogP contribution in [0.25, 0.3) is 0 Å². The predicted molar refractivity (Wildman–Crippen MR) is 80.6 cm³/mol. The molecule has 0 fully saturated rings. The van der Waals surface area contributed by atoms with Crippen molar-refractivity contribution in [1.29, 1.82) is 0 Å². The van der Waals surface area contributed by atoms with E-state index in [9.17, 15) is 12.8 Å². The molecule has 5 nitrogen and oxygen atoms in total. The van der Waals surface area contributed by atoms with E-state index in [1.54, 1.807) is 12.1 Å². The van der Waals surface area contributed by atoms with Gasteiger partial charge in [0.25, 0.3) is 0 Å². The zero-order chi connectivity index (χ0) is 15.8. The predicted octanol–water partition coefficient (Wildman–Crippen LogP) is 2.89. The van der Waals surface area contributed by atoms with Crippen LogP contribution in [0.1, 0.15) is 11.3 Å². The van der Waals surface area contributed by atoms with Gasteiger partial charge in [0.15, 0.2) is 4.67 Å². The summed E-state index contributed by atoms with van der Waals surface area (Å²) in [5.74, 6) is -0.148. The number of sulfonamides is 1. The Morgan fingerprint density at radius 2 is 2.05 bits per heavy atom. The summed E-state index contributed by atoms with van der Waals surface area (Å²) in [5, 5.41) is 0. The highest BCUT2D eigenvalue weighted by molar-refractivity contribution is 9.10. The van der Waals surface area contributed by atoms with Gasteiger partial charge in [-0.15, -0.1) is 0 Å². The first kappa shape index (κ1) is 16.0. The van der Waals surface area contributed by atoms with Crippen molar-refractivity contribution in [3.8, 4) is 0 Å². The van der Waals surface area contributed by atoms with Crippen LogP contribution in [0.3, 0.4) is 0 Å². The summed E-state index contributed by atoms with van der Waals surface area (Å²) < 4.78 is 45.3. The maximum Gasteiger partial charge on any atom is 0.243 e. The molecule has 0 atom stereocenters. The monoisotopic (exact) mass is 376 g/mol. The lowest BCUT2D eigenvalue weighted by Gasteiger charge is -2.18. The first-order valence-corrected chi connectivity index (χ1v) is 8.21. The highest BCUT2D eigenvalue weighted by Gasteiger charge is 2.25. The Kier molecular flexibility index (Phi) is 4.40. The lowest BCUT2D eigenvalue weighted by atomic mass is 10.2. The van der Waals surface area contributed by atoms with Gasteiger partial charge in [0, 0.05) is 7.05 Å². The summed E-state index contributed by atoms with van der Waals surface area (Å²) in [7, 11) is -2.37. The van der Waals surface area contributed by atoms with Crippen molar-refractivity contribution in [3.05, 3.63) is 46.1 Å². The summed E-state index contributed by atoms with van der Waals surface area (Å²) in [4.78, 5) is -0.0190. The number of rotatable bonds is 4. The summed E-state index contributed by atoms with van der Waals surface area (Å²) in [6.07, 6.45) is 0. The van der Waals surface area contributed by atoms with Gasteiger partial charge in [-0.05, 0) is 52.7 Å². The minimum absolute atomic E-state index is 0.0190. The van der Waals surface area contributed by atoms with Crippen molar-refractivity contribution in [2.75, 3.05) is 12.8 Å². The van der Waals surface area contributed by atoms with Crippen LogP contribution < -0.4 is 5.73 Å². The van der Waals surface area contributed by atoms with E-state index in [4.69, 9.17) is 10.2 Å². The fourth-order valence-electron chi connectivity index (χ4n) is 1.86. The van der Waals surface area contributed by atoms with Gasteiger partial charge in [-0.1, -0.05) is 0 Å². The van der Waals surface area contributed by atoms with E-state index in [2.05, 4.69) is 15.9 Å². The zero-order valence-corrected chi connectivity index (χ0v) is 13.8. The van der Waals surface area contributed by atoms with Gasteiger partial charge in [-0.2, -0.15) is 4.31 Å². The van der Waals surface area contributed by atoms with Crippen LogP contribution in [0.5, 0.6) is 0 Å². The summed E-state index contributed by atoms with van der Waals surface area (Å²) in [6.45, 7) is 1.58. The van der Waals surface area contributed by atoms with E-state index >= 15 is 0 Å². The number of hydrogen-bond acceptors (Lipinski definition) is 4. The molecule has 0 aliphatic carbocycles. The molecular formula is C13H14BrFN2O3S. The largest absolute Gasteiger partial charge is 0.453 e. The van der Waals surface area contributed by atoms with E-state index in [-0.39, 0.29) is 17.1 Å². The second kappa shape index (κ2) is 5.78. The van der Waals surface area contributed by atoms with E-state index in [0.717, 1.165) is 16.4 Å². The number of benzene rings is 1. The van der Waals surface area contributed by atoms with Crippen LogP contribution >= 0.6 is 15.9 Å². The summed E-state index contributed by atoms with van der Waals surface area (Å²) in [6, 6.07) is 5.59. The van der Waals surface area contributed by atoms with Gasteiger partial charge in [0.2, 0.25) is 10.0 Å². The van der Waals surface area contributed by atoms with Gasteiger partial charge < -0.3 is 10.2 Å². The number of anilines is 1. The second-order valence-electron chi connectivity index (χ2n) is 4.61. The van der Waals surface area contributed by atoms with Crippen LogP contribution in [0.2, 0.25) is 0 Å². The minimum Gasteiger partial charge on any atom is -0.453 e. The van der Waals surface area contributed by atoms with Crippen molar-refractivity contribution in [2.45, 2.75) is 18.4 Å². The Bertz CT molecular complexity index is 774. The quantitative estimate of drug-likeness (QED) is 0.832. The standard InChI is InChI=1S/C13H14BrFN2O3S/c1-8-5-10(15)11(16)6-12(8)21(18,19)17(2)7-9-3-4-13(14)20-9/h3-6H,7,16H2,1-2H3. The summed E-state index contributed by atoms with van der Waals surface area (Å²) in [5.41, 5.74) is 5.56. The molecule has 0 amide bonds. The Hall–Kier alpha value is -1.38. The van der Waals surface area contributed by atoms with E-state index in [1.165, 1.54) is 14.0 Å². The molecule has 0 saturated carbocycles. The van der Waals surface area contributed by atoms with Crippen LogP contribution in [0.4, 0.5) is 10.1 Å². The van der Waals surface area contributed by atoms with Crippen molar-refractivity contribution >= 4 is 31.6 Å². The first-order valence-electron chi connectivity index (χ1n) is 5.98. The second-order valence-corrected chi connectivity index (χ2v) is 7.40. The Morgan fingerprint density at radius 1 is 1.38 bits per heavy atom. The average Bonchev–Trinajstić information content (AvgIpc) is 2.79. The Morgan fingerprint density at radius 3 is 2.62 bits per heavy atom. The number of furan rings is 1. The molecule has 0 aliphatic rings. The lowest BCUT2D eigenvalue weighted by molar-refractivity contribution is 0.398. The van der Waals surface area contributed by atoms with E-state index < -0.39 is 15.8 Å². The van der Waals surface area contributed by atoms with Crippen LogP contribution in [0.15, 0.2) is 38.2 Å². The highest BCUT2D eigenvalue weighted by atomic mass is 79.9. The molecule has 0 radical (unpaired) electrons. The van der Waals surface area contributed by atoms with Crippen LogP contribution in [-0.2, 0) is 16.6 Å². The van der Waals surface area contributed by atoms with Gasteiger partial charge in [0.1, 0.15) is 11.6 Å². The number of hydrogen-bond donors (Lipinski definition) is 1. The van der Waals surface area contributed by atoms with Crippen molar-refractivity contribution in [3.63, 3.8) is 0 Å². The van der Waals surface area contributed by atoms with Gasteiger partial charge in [-0.25, -0.2) is 12.8 Å². The molecule has 1 aromatic carbocycles. The fourth-order valence-corrected chi connectivity index (χ4v) is 3.57. The first-order chi connectivity index (χ1) is 9.71. The molecule has 0 aliphatic heterocycles. The van der Waals surface area contributed by atoms with Gasteiger partial charge in [-0.3, -0.25) is 0 Å². The normalized spacial score (nSPS) is 12.0. The number of nitrogens with zero attached hydrogens (tertiary/aromatic N) is 1. The molecule has 1 heterocycles. The van der Waals surface area contributed by atoms with E-state index in [0.29, 0.717) is 16.0 Å². The van der Waals surface area contributed by atoms with Gasteiger partial charge >= 0.3 is 0 Å². The Labute approximate surface area is 130 Å². The molecular weight excluding hydrogens is 363 g/mol. The van der Waals surface area contributed by atoms with Gasteiger partial charge in [0.05, 0.1) is 17.1 Å². The smallest absolute Gasteiger partial charge is 0.243 e. The topological polar surface area (TPSA) is 76.5 Å². The third-order valence-electron chi connectivity index (χ3n) is 2.99. The highest BCUT2D eigenvalue weighted by Crippen LogP contribution is 2.25. The molecule has 0 saturated heterocycles. The molecule has 0 spiro atoms. The minimum atomic E-state index is -3.79. The number of halogens is 2. The molecule has 2 aromatic rings. The maximum atomic E-state index is 13.3. The fraction of sp³-hybridized carbons (Fsp3) is 0.231. The number of nitrogen functional groups attached to an aromatic ring is 1. The third-order valence-corrected chi connectivity index (χ3v) is 5.36. The molecule has 0 bridgehead atoms. The Balaban J connectivity index is 2.35. The summed E-state index contributed by atoms with van der Waals surface area (Å²) >= 11 is 3.15. The van der Waals surface area contributed by atoms with Crippen LogP contribution in [-0.4, -0.2) is 19.8 Å². The van der Waals surface area contributed by atoms with Crippen molar-refractivity contribution in [1.82, 2.24) is 4.31 Å². The van der Waals surface area contributed by atoms with Crippen LogP contribution in [0, 0.1) is 12.7 Å². The molecule has 1 aromatic heterocycles. The number of nitrogens with two attached hydrogens (primary N) is 1. The molecule has 8 heteroatoms. The molecule has 114 valence electrons. The third kappa shape index (κ3) is 3.28. The zero-order valence-electron chi connectivity index (χ0n) is 11.4. The maximum absolute atomic E-state index is 13.3. The molecule has 0 unspecified atom stereocenters. The average molecular weight is 377 g/mol. The van der Waals surface area contributed by atoms with E-state index in [1.807, 2.05) is 0 Å². The molecule has 21 heavy (non-hydrogen) atoms. The van der Waals surface area contributed by atoms with Crippen molar-refractivity contribution in [2.24, 2.45) is 0 Å². The SMILES string of the molecule is Cc1cc(F)c(N)cc1S(=O)(=O)N(C)Cc1ccc(Br)o1. The lowest BCUT2D eigenvalue weighted by Crippen LogP contribution is -2.27. The molecule has 2 rings (SSSR count). The van der Waals surface area contributed by atoms with Crippen molar-refractivity contribution < 1.29 is 17.2 Å².